The van der Waals surface area contributed by atoms with Crippen LogP contribution in [0.5, 0.6) is 0 Å². The highest BCUT2D eigenvalue weighted by Gasteiger charge is 2.09. The van der Waals surface area contributed by atoms with Gasteiger partial charge in [-0.2, -0.15) is 0 Å². The lowest BCUT2D eigenvalue weighted by Crippen LogP contribution is -2.22. The van der Waals surface area contributed by atoms with Crippen LogP contribution in [0.3, 0.4) is 0 Å². The van der Waals surface area contributed by atoms with E-state index in [9.17, 15) is 13.2 Å². The lowest BCUT2D eigenvalue weighted by atomic mass is 10.3. The summed E-state index contributed by atoms with van der Waals surface area (Å²) < 4.78 is 20.5. The molecular formula is C5H11NO3S. The maximum absolute atomic E-state index is 10.6. The van der Waals surface area contributed by atoms with E-state index >= 15 is 0 Å². The number of hydrogen-bond donors (Lipinski definition) is 1. The molecule has 0 rings (SSSR count). The van der Waals surface area contributed by atoms with Crippen molar-refractivity contribution in [2.24, 2.45) is 5.14 Å². The van der Waals surface area contributed by atoms with Crippen molar-refractivity contribution in [3.8, 4) is 0 Å². The first-order valence-corrected chi connectivity index (χ1v) is 4.69. The van der Waals surface area contributed by atoms with Gasteiger partial charge in [-0.05, 0) is 6.42 Å². The van der Waals surface area contributed by atoms with Crippen LogP contribution in [0.2, 0.25) is 0 Å². The molecule has 60 valence electrons. The van der Waals surface area contributed by atoms with Crippen LogP contribution in [-0.4, -0.2) is 20.0 Å². The number of carbonyl (C=O) groups excluding carboxylic acids is 1. The number of Topliss-reactive ketones (excluding diaryl/α,β-unsaturated/α-hetero) is 1. The third-order valence-electron chi connectivity index (χ3n) is 0.891. The fourth-order valence-electron chi connectivity index (χ4n) is 0.575. The fourth-order valence-corrected chi connectivity index (χ4v) is 1.17. The minimum absolute atomic E-state index is 0.288. The lowest BCUT2D eigenvalue weighted by molar-refractivity contribution is -0.116. The average Bonchev–Trinajstić information content (AvgIpc) is 1.59. The monoisotopic (exact) mass is 165 g/mol. The molecule has 0 unspecified atom stereocenters. The van der Waals surface area contributed by atoms with E-state index in [2.05, 4.69) is 5.14 Å². The van der Waals surface area contributed by atoms with E-state index in [-0.39, 0.29) is 12.2 Å². The van der Waals surface area contributed by atoms with E-state index < -0.39 is 15.8 Å². The fraction of sp³-hybridized carbons (Fsp3) is 0.800. The van der Waals surface area contributed by atoms with Crippen molar-refractivity contribution >= 4 is 15.8 Å². The van der Waals surface area contributed by atoms with Gasteiger partial charge in [0.1, 0.15) is 11.5 Å². The zero-order valence-corrected chi connectivity index (χ0v) is 6.65. The molecule has 5 heteroatoms. The summed E-state index contributed by atoms with van der Waals surface area (Å²) in [6, 6.07) is 0. The molecule has 0 aromatic rings. The summed E-state index contributed by atoms with van der Waals surface area (Å²) in [6.07, 6.45) is 0.949. The lowest BCUT2D eigenvalue weighted by Gasteiger charge is -1.94. The first kappa shape index (κ1) is 9.58. The van der Waals surface area contributed by atoms with Gasteiger partial charge in [0.05, 0.1) is 0 Å². The predicted molar refractivity (Wildman–Crippen MR) is 37.9 cm³/mol. The van der Waals surface area contributed by atoms with E-state index in [1.54, 1.807) is 6.92 Å². The summed E-state index contributed by atoms with van der Waals surface area (Å²) in [5.41, 5.74) is 0. The Bertz CT molecular complexity index is 207. The maximum Gasteiger partial charge on any atom is 0.216 e. The second kappa shape index (κ2) is 3.68. The van der Waals surface area contributed by atoms with Gasteiger partial charge in [-0.15, -0.1) is 0 Å². The van der Waals surface area contributed by atoms with Crippen molar-refractivity contribution in [1.29, 1.82) is 0 Å². The summed E-state index contributed by atoms with van der Waals surface area (Å²) in [6.45, 7) is 1.81. The van der Waals surface area contributed by atoms with Crippen LogP contribution in [0.15, 0.2) is 0 Å². The van der Waals surface area contributed by atoms with Gasteiger partial charge in [0, 0.05) is 6.42 Å². The number of carbonyl (C=O) groups is 1. The summed E-state index contributed by atoms with van der Waals surface area (Å²) >= 11 is 0. The molecule has 4 nitrogen and oxygen atoms in total. The molecule has 0 aromatic carbocycles. The van der Waals surface area contributed by atoms with Crippen LogP contribution < -0.4 is 5.14 Å². The molecular weight excluding hydrogens is 154 g/mol. The van der Waals surface area contributed by atoms with Crippen molar-refractivity contribution in [1.82, 2.24) is 0 Å². The molecule has 0 spiro atoms. The SMILES string of the molecule is CCCC(=O)CS(N)(=O)=O. The molecule has 0 aliphatic rings. The molecule has 0 bridgehead atoms. The summed E-state index contributed by atoms with van der Waals surface area (Å²) in [5, 5.41) is 4.62. The Morgan fingerprint density at radius 2 is 2.00 bits per heavy atom. The standard InChI is InChI=1S/C5H11NO3S/c1-2-3-5(7)4-10(6,8)9/h2-4H2,1H3,(H2,6,8,9). The van der Waals surface area contributed by atoms with Crippen LogP contribution in [0, 0.1) is 0 Å². The van der Waals surface area contributed by atoms with Gasteiger partial charge in [0.2, 0.25) is 10.0 Å². The Morgan fingerprint density at radius 1 is 1.50 bits per heavy atom. The minimum Gasteiger partial charge on any atom is -0.299 e. The smallest absolute Gasteiger partial charge is 0.216 e. The normalized spacial score (nSPS) is 11.4. The molecule has 0 aliphatic heterocycles. The van der Waals surface area contributed by atoms with Gasteiger partial charge in [-0.3, -0.25) is 4.79 Å². The zero-order valence-electron chi connectivity index (χ0n) is 5.83. The highest BCUT2D eigenvalue weighted by Crippen LogP contribution is 1.90. The first-order valence-electron chi connectivity index (χ1n) is 2.98. The highest BCUT2D eigenvalue weighted by molar-refractivity contribution is 7.89. The average molecular weight is 165 g/mol. The van der Waals surface area contributed by atoms with Crippen LogP contribution in [0.4, 0.5) is 0 Å². The van der Waals surface area contributed by atoms with Crippen molar-refractivity contribution < 1.29 is 13.2 Å². The van der Waals surface area contributed by atoms with Gasteiger partial charge in [0.15, 0.2) is 0 Å². The molecule has 0 heterocycles. The molecule has 0 saturated heterocycles. The molecule has 10 heavy (non-hydrogen) atoms. The molecule has 0 fully saturated rings. The van der Waals surface area contributed by atoms with E-state index in [0.29, 0.717) is 6.42 Å². The Hall–Kier alpha value is -0.420. The number of rotatable bonds is 4. The first-order chi connectivity index (χ1) is 4.45. The van der Waals surface area contributed by atoms with Crippen LogP contribution in [0.1, 0.15) is 19.8 Å². The minimum atomic E-state index is -3.60. The topological polar surface area (TPSA) is 77.2 Å². The quantitative estimate of drug-likeness (QED) is 0.618. The van der Waals surface area contributed by atoms with E-state index in [4.69, 9.17) is 0 Å². The number of sulfonamides is 1. The van der Waals surface area contributed by atoms with Crippen molar-refractivity contribution in [2.45, 2.75) is 19.8 Å². The Kier molecular flexibility index (Phi) is 3.52. The van der Waals surface area contributed by atoms with Gasteiger partial charge in [0.25, 0.3) is 0 Å². The molecule has 2 N–H and O–H groups in total. The van der Waals surface area contributed by atoms with Crippen molar-refractivity contribution in [2.75, 3.05) is 5.75 Å². The van der Waals surface area contributed by atoms with Gasteiger partial charge in [-0.1, -0.05) is 6.92 Å². The van der Waals surface area contributed by atoms with Crippen LogP contribution in [0.25, 0.3) is 0 Å². The summed E-state index contributed by atoms with van der Waals surface area (Å²) in [7, 11) is -3.60. The molecule has 0 amide bonds. The number of ketones is 1. The second-order valence-electron chi connectivity index (χ2n) is 2.10. The van der Waals surface area contributed by atoms with Crippen LogP contribution in [-0.2, 0) is 14.8 Å². The number of nitrogens with two attached hydrogens (primary N) is 1. The number of primary sulfonamides is 1. The molecule has 0 saturated carbocycles. The van der Waals surface area contributed by atoms with Gasteiger partial charge in [-0.25, -0.2) is 13.6 Å². The highest BCUT2D eigenvalue weighted by atomic mass is 32.2. The Morgan fingerprint density at radius 3 is 2.30 bits per heavy atom. The molecule has 0 aliphatic carbocycles. The zero-order chi connectivity index (χ0) is 8.20. The molecule has 0 aromatic heterocycles. The second-order valence-corrected chi connectivity index (χ2v) is 3.71. The van der Waals surface area contributed by atoms with Crippen molar-refractivity contribution in [3.05, 3.63) is 0 Å². The Labute approximate surface area is 60.5 Å². The van der Waals surface area contributed by atoms with E-state index in [1.807, 2.05) is 0 Å². The van der Waals surface area contributed by atoms with Gasteiger partial charge >= 0.3 is 0 Å². The van der Waals surface area contributed by atoms with E-state index in [0.717, 1.165) is 0 Å². The summed E-state index contributed by atoms with van der Waals surface area (Å²) in [5.74, 6) is -0.842. The third kappa shape index (κ3) is 5.71. The largest absolute Gasteiger partial charge is 0.299 e. The third-order valence-corrected chi connectivity index (χ3v) is 1.62. The molecule has 0 radical (unpaired) electrons. The Balaban J connectivity index is 3.82. The van der Waals surface area contributed by atoms with Gasteiger partial charge < -0.3 is 0 Å². The van der Waals surface area contributed by atoms with E-state index in [1.165, 1.54) is 0 Å². The van der Waals surface area contributed by atoms with Crippen molar-refractivity contribution in [3.63, 3.8) is 0 Å². The predicted octanol–water partition coefficient (Wildman–Crippen LogP) is -0.356. The number of hydrogen-bond acceptors (Lipinski definition) is 3. The van der Waals surface area contributed by atoms with Crippen LogP contribution >= 0.6 is 0 Å². The summed E-state index contributed by atoms with van der Waals surface area (Å²) in [4.78, 5) is 10.6. The molecule has 0 atom stereocenters. The maximum atomic E-state index is 10.6.